The Hall–Kier alpha value is -0.750. The van der Waals surface area contributed by atoms with Crippen LogP contribution in [0.5, 0.6) is 5.75 Å². The third-order valence-electron chi connectivity index (χ3n) is 3.10. The minimum atomic E-state index is -4.26. The molecule has 1 aliphatic rings. The van der Waals surface area contributed by atoms with Gasteiger partial charge < -0.3 is 10.1 Å². The first-order valence-electron chi connectivity index (χ1n) is 6.16. The molecule has 1 heterocycles. The molecule has 6 heteroatoms. The molecular formula is C13H15BrF3NO. The molecule has 1 atom stereocenters. The first-order valence-corrected chi connectivity index (χ1v) is 6.95. The van der Waals surface area contributed by atoms with E-state index in [1.807, 2.05) is 6.07 Å². The van der Waals surface area contributed by atoms with Gasteiger partial charge in [-0.25, -0.2) is 0 Å². The maximum Gasteiger partial charge on any atom is 0.404 e. The molecule has 0 aromatic heterocycles. The van der Waals surface area contributed by atoms with E-state index in [9.17, 15) is 13.2 Å². The summed E-state index contributed by atoms with van der Waals surface area (Å²) in [4.78, 5) is 0. The maximum atomic E-state index is 12.9. The summed E-state index contributed by atoms with van der Waals surface area (Å²) in [5, 5.41) is 2.49. The Morgan fingerprint density at radius 2 is 2.16 bits per heavy atom. The van der Waals surface area contributed by atoms with Crippen LogP contribution in [0.25, 0.3) is 0 Å². The lowest BCUT2D eigenvalue weighted by atomic mass is 10.0. The van der Waals surface area contributed by atoms with Crippen molar-refractivity contribution in [3.63, 3.8) is 0 Å². The Morgan fingerprint density at radius 1 is 1.42 bits per heavy atom. The predicted octanol–water partition coefficient (Wildman–Crippen LogP) is 3.47. The minimum Gasteiger partial charge on any atom is -0.493 e. The van der Waals surface area contributed by atoms with Crippen molar-refractivity contribution in [2.45, 2.75) is 32.0 Å². The van der Waals surface area contributed by atoms with Gasteiger partial charge in [0.2, 0.25) is 0 Å². The third kappa shape index (κ3) is 3.42. The molecule has 0 saturated carbocycles. The minimum absolute atomic E-state index is 0.112. The Morgan fingerprint density at radius 3 is 2.79 bits per heavy atom. The van der Waals surface area contributed by atoms with Gasteiger partial charge in [0, 0.05) is 17.3 Å². The van der Waals surface area contributed by atoms with E-state index in [0.717, 1.165) is 16.5 Å². The fraction of sp³-hybridized carbons (Fsp3) is 0.538. The highest BCUT2D eigenvalue weighted by molar-refractivity contribution is 9.10. The molecule has 0 saturated heterocycles. The number of hydrogen-bond acceptors (Lipinski definition) is 2. The Kier molecular flexibility index (Phi) is 4.40. The van der Waals surface area contributed by atoms with Crippen molar-refractivity contribution in [3.8, 4) is 5.75 Å². The topological polar surface area (TPSA) is 21.3 Å². The average molecular weight is 338 g/mol. The van der Waals surface area contributed by atoms with Crippen LogP contribution in [-0.2, 0) is 12.8 Å². The number of halogens is 4. The monoisotopic (exact) mass is 337 g/mol. The number of nitrogens with one attached hydrogen (secondary N) is 1. The number of ether oxygens (including phenoxy) is 1. The van der Waals surface area contributed by atoms with Crippen LogP contribution in [0.2, 0.25) is 0 Å². The van der Waals surface area contributed by atoms with Gasteiger partial charge in [0.25, 0.3) is 0 Å². The van der Waals surface area contributed by atoms with Gasteiger partial charge in [-0.3, -0.25) is 0 Å². The van der Waals surface area contributed by atoms with Gasteiger partial charge >= 0.3 is 6.18 Å². The van der Waals surface area contributed by atoms with Gasteiger partial charge in [0.15, 0.2) is 0 Å². The summed E-state index contributed by atoms with van der Waals surface area (Å²) in [5.41, 5.74) is 1.58. The summed E-state index contributed by atoms with van der Waals surface area (Å²) in [5.74, 6) is 0.621. The highest BCUT2D eigenvalue weighted by atomic mass is 79.9. The van der Waals surface area contributed by atoms with Crippen molar-refractivity contribution < 1.29 is 17.9 Å². The molecule has 0 bridgehead atoms. The fourth-order valence-electron chi connectivity index (χ4n) is 2.27. The van der Waals surface area contributed by atoms with Crippen LogP contribution in [-0.4, -0.2) is 25.4 Å². The zero-order valence-corrected chi connectivity index (χ0v) is 12.1. The van der Waals surface area contributed by atoms with Crippen molar-refractivity contribution in [2.24, 2.45) is 0 Å². The lowest BCUT2D eigenvalue weighted by Gasteiger charge is -2.22. The summed E-state index contributed by atoms with van der Waals surface area (Å²) < 4.78 is 45.0. The first-order chi connectivity index (χ1) is 8.91. The lowest BCUT2D eigenvalue weighted by Crippen LogP contribution is -2.43. The van der Waals surface area contributed by atoms with Gasteiger partial charge in [0.1, 0.15) is 11.8 Å². The van der Waals surface area contributed by atoms with E-state index >= 15 is 0 Å². The van der Waals surface area contributed by atoms with Gasteiger partial charge in [-0.1, -0.05) is 22.9 Å². The molecule has 1 aromatic carbocycles. The number of alkyl halides is 3. The Bertz CT molecular complexity index is 462. The molecule has 19 heavy (non-hydrogen) atoms. The fourth-order valence-corrected chi connectivity index (χ4v) is 2.82. The van der Waals surface area contributed by atoms with Crippen LogP contribution in [0.1, 0.15) is 18.1 Å². The SMILES string of the molecule is CCNC(Cc1cc(Br)cc2c1OCC2)C(F)(F)F. The van der Waals surface area contributed by atoms with E-state index in [2.05, 4.69) is 21.2 Å². The van der Waals surface area contributed by atoms with Crippen LogP contribution in [0, 0.1) is 0 Å². The number of likely N-dealkylation sites (N-methyl/N-ethyl adjacent to an activating group) is 1. The van der Waals surface area contributed by atoms with E-state index in [4.69, 9.17) is 4.74 Å². The van der Waals surface area contributed by atoms with Crippen LogP contribution in [0.15, 0.2) is 16.6 Å². The van der Waals surface area contributed by atoms with Crippen molar-refractivity contribution in [1.29, 1.82) is 0 Å². The second-order valence-electron chi connectivity index (χ2n) is 4.51. The highest BCUT2D eigenvalue weighted by Gasteiger charge is 2.39. The normalized spacial score (nSPS) is 16.1. The molecule has 2 rings (SSSR count). The molecule has 0 aliphatic carbocycles. The molecule has 1 N–H and O–H groups in total. The molecule has 0 spiro atoms. The zero-order chi connectivity index (χ0) is 14.0. The second-order valence-corrected chi connectivity index (χ2v) is 5.42. The summed E-state index contributed by atoms with van der Waals surface area (Å²) in [6.45, 7) is 2.48. The number of fused-ring (bicyclic) bond motifs is 1. The second kappa shape index (κ2) is 5.71. The van der Waals surface area contributed by atoms with Crippen molar-refractivity contribution in [1.82, 2.24) is 5.32 Å². The number of benzene rings is 1. The van der Waals surface area contributed by atoms with Crippen LogP contribution in [0.3, 0.4) is 0 Å². The molecule has 1 aromatic rings. The van der Waals surface area contributed by atoms with Gasteiger partial charge in [-0.05, 0) is 29.8 Å². The van der Waals surface area contributed by atoms with Crippen LogP contribution in [0.4, 0.5) is 13.2 Å². The largest absolute Gasteiger partial charge is 0.493 e. The predicted molar refractivity (Wildman–Crippen MR) is 70.6 cm³/mol. The van der Waals surface area contributed by atoms with Gasteiger partial charge in [-0.2, -0.15) is 13.2 Å². The molecular weight excluding hydrogens is 323 g/mol. The first kappa shape index (κ1) is 14.7. The highest BCUT2D eigenvalue weighted by Crippen LogP contribution is 2.35. The lowest BCUT2D eigenvalue weighted by molar-refractivity contribution is -0.155. The number of hydrogen-bond donors (Lipinski definition) is 1. The van der Waals surface area contributed by atoms with E-state index in [0.29, 0.717) is 17.9 Å². The molecule has 106 valence electrons. The maximum absolute atomic E-state index is 12.9. The average Bonchev–Trinajstić information content (AvgIpc) is 2.74. The Balaban J connectivity index is 2.27. The summed E-state index contributed by atoms with van der Waals surface area (Å²) >= 11 is 3.34. The van der Waals surface area contributed by atoms with E-state index in [1.165, 1.54) is 0 Å². The summed E-state index contributed by atoms with van der Waals surface area (Å²) in [6, 6.07) is 2.07. The van der Waals surface area contributed by atoms with E-state index in [1.54, 1.807) is 13.0 Å². The van der Waals surface area contributed by atoms with Crippen LogP contribution >= 0.6 is 15.9 Å². The quantitative estimate of drug-likeness (QED) is 0.908. The Labute approximate surface area is 118 Å². The molecule has 2 nitrogen and oxygen atoms in total. The van der Waals surface area contributed by atoms with Crippen molar-refractivity contribution in [2.75, 3.05) is 13.2 Å². The van der Waals surface area contributed by atoms with E-state index < -0.39 is 12.2 Å². The van der Waals surface area contributed by atoms with Gasteiger partial charge in [0.05, 0.1) is 6.61 Å². The van der Waals surface area contributed by atoms with Crippen molar-refractivity contribution in [3.05, 3.63) is 27.7 Å². The van der Waals surface area contributed by atoms with Gasteiger partial charge in [-0.15, -0.1) is 0 Å². The molecule has 1 unspecified atom stereocenters. The standard InChI is InChI=1S/C13H15BrF3NO/c1-2-18-11(13(15,16)17)7-9-6-10(14)5-8-3-4-19-12(8)9/h5-6,11,18H,2-4,7H2,1H3. The number of rotatable bonds is 4. The van der Waals surface area contributed by atoms with Crippen molar-refractivity contribution >= 4 is 15.9 Å². The summed E-state index contributed by atoms with van der Waals surface area (Å²) in [6.07, 6.45) is -3.62. The van der Waals surface area contributed by atoms with E-state index in [-0.39, 0.29) is 13.0 Å². The summed E-state index contributed by atoms with van der Waals surface area (Å²) in [7, 11) is 0. The molecule has 0 radical (unpaired) electrons. The molecule has 0 fully saturated rings. The smallest absolute Gasteiger partial charge is 0.404 e. The zero-order valence-electron chi connectivity index (χ0n) is 10.5. The van der Waals surface area contributed by atoms with Crippen LogP contribution < -0.4 is 10.1 Å². The molecule has 0 amide bonds. The molecule has 1 aliphatic heterocycles. The third-order valence-corrected chi connectivity index (χ3v) is 3.55.